The summed E-state index contributed by atoms with van der Waals surface area (Å²) in [5.74, 6) is 4.31. The van der Waals surface area contributed by atoms with Crippen LogP contribution in [0, 0.1) is 23.7 Å². The summed E-state index contributed by atoms with van der Waals surface area (Å²) in [6.45, 7) is 0. The second kappa shape index (κ2) is 10.6. The zero-order valence-corrected chi connectivity index (χ0v) is 30.1. The molecule has 54 heavy (non-hydrogen) atoms. The maximum Gasteiger partial charge on any atom is 0.137 e. The highest BCUT2D eigenvalue weighted by atomic mass is 15.1. The van der Waals surface area contributed by atoms with E-state index in [2.05, 4.69) is 149 Å². The molecule has 3 heterocycles. The van der Waals surface area contributed by atoms with Crippen LogP contribution in [0.25, 0.3) is 77.4 Å². The minimum absolute atomic E-state index is 0.152. The fourth-order valence-electron chi connectivity index (χ4n) is 12.6. The van der Waals surface area contributed by atoms with Crippen molar-refractivity contribution < 1.29 is 0 Å². The number of hydrogen-bond acceptors (Lipinski definition) is 1. The molecule has 3 nitrogen and oxygen atoms in total. The fraction of sp³-hybridized carbons (Fsp3) is 0.196. The van der Waals surface area contributed by atoms with Crippen molar-refractivity contribution in [2.75, 3.05) is 0 Å². The lowest BCUT2D eigenvalue weighted by molar-refractivity contribution is -0.0399. The van der Waals surface area contributed by atoms with E-state index in [1.807, 2.05) is 12.3 Å². The molecule has 3 aromatic heterocycles. The van der Waals surface area contributed by atoms with E-state index < -0.39 is 0 Å². The number of pyridine rings is 1. The molecule has 258 valence electrons. The first-order valence-corrected chi connectivity index (χ1v) is 20.0. The lowest BCUT2D eigenvalue weighted by Gasteiger charge is -2.61. The van der Waals surface area contributed by atoms with Gasteiger partial charge in [-0.15, -0.1) is 0 Å². The fourth-order valence-corrected chi connectivity index (χ4v) is 12.6. The average Bonchev–Trinajstić information content (AvgIpc) is 3.83. The molecular weight excluding hydrogens is 655 g/mol. The Balaban J connectivity index is 0.987. The molecular formula is C51H39N3. The minimum atomic E-state index is 0.152. The first-order chi connectivity index (χ1) is 26.7. The summed E-state index contributed by atoms with van der Waals surface area (Å²) in [5, 5.41) is 5.09. The molecule has 0 atom stereocenters. The van der Waals surface area contributed by atoms with Crippen molar-refractivity contribution in [2.45, 2.75) is 37.5 Å². The maximum atomic E-state index is 4.73. The van der Waals surface area contributed by atoms with E-state index in [-0.39, 0.29) is 5.41 Å². The van der Waals surface area contributed by atoms with Crippen LogP contribution in [0.4, 0.5) is 0 Å². The van der Waals surface area contributed by atoms with Crippen LogP contribution in [0.3, 0.4) is 0 Å². The van der Waals surface area contributed by atoms with E-state index in [9.17, 15) is 0 Å². The third kappa shape index (κ3) is 3.75. The summed E-state index contributed by atoms with van der Waals surface area (Å²) in [6.07, 6.45) is 8.95. The molecule has 0 amide bonds. The second-order valence-corrected chi connectivity index (χ2v) is 16.8. The molecule has 0 unspecified atom stereocenters. The first kappa shape index (κ1) is 29.5. The van der Waals surface area contributed by atoms with Crippen LogP contribution in [-0.2, 0) is 5.41 Å². The number of fused-ring (bicyclic) bond motifs is 9. The second-order valence-electron chi connectivity index (χ2n) is 16.8. The lowest BCUT2D eigenvalue weighted by atomic mass is 9.43. The molecule has 1 spiro atoms. The van der Waals surface area contributed by atoms with E-state index in [0.717, 1.165) is 29.5 Å². The molecule has 5 aliphatic rings. The Kier molecular flexibility index (Phi) is 5.80. The molecule has 4 bridgehead atoms. The summed E-state index contributed by atoms with van der Waals surface area (Å²) < 4.78 is 4.83. The van der Waals surface area contributed by atoms with Crippen LogP contribution in [-0.4, -0.2) is 14.1 Å². The molecule has 4 fully saturated rings. The highest BCUT2D eigenvalue weighted by Crippen LogP contribution is 2.69. The van der Waals surface area contributed by atoms with Gasteiger partial charge in [0.2, 0.25) is 0 Å². The van der Waals surface area contributed by atoms with Crippen molar-refractivity contribution in [1.29, 1.82) is 0 Å². The van der Waals surface area contributed by atoms with Crippen LogP contribution in [0.1, 0.15) is 43.2 Å². The normalized spacial score (nSPS) is 23.6. The van der Waals surface area contributed by atoms with Gasteiger partial charge < -0.3 is 4.57 Å². The number of para-hydroxylation sites is 2. The van der Waals surface area contributed by atoms with Crippen molar-refractivity contribution >= 4 is 43.6 Å². The quantitative estimate of drug-likeness (QED) is 0.181. The van der Waals surface area contributed by atoms with E-state index in [1.54, 1.807) is 11.1 Å². The zero-order valence-electron chi connectivity index (χ0n) is 30.1. The Morgan fingerprint density at radius 2 is 1.02 bits per heavy atom. The Bertz CT molecular complexity index is 2990. The molecule has 5 aliphatic carbocycles. The monoisotopic (exact) mass is 693 g/mol. The smallest absolute Gasteiger partial charge is 0.137 e. The molecule has 0 radical (unpaired) electrons. The zero-order chi connectivity index (χ0) is 35.1. The van der Waals surface area contributed by atoms with Gasteiger partial charge in [-0.1, -0.05) is 84.9 Å². The van der Waals surface area contributed by atoms with Crippen LogP contribution in [0.15, 0.2) is 152 Å². The Morgan fingerprint density at radius 1 is 0.444 bits per heavy atom. The van der Waals surface area contributed by atoms with Gasteiger partial charge in [-0.2, -0.15) is 0 Å². The molecule has 0 N–H and O–H groups in total. The summed E-state index contributed by atoms with van der Waals surface area (Å²) in [5.41, 5.74) is 15.0. The van der Waals surface area contributed by atoms with Crippen LogP contribution in [0.5, 0.6) is 0 Å². The van der Waals surface area contributed by atoms with E-state index in [4.69, 9.17) is 4.98 Å². The molecule has 14 rings (SSSR count). The molecule has 0 saturated heterocycles. The Morgan fingerprint density at radius 3 is 1.70 bits per heavy atom. The molecule has 0 aliphatic heterocycles. The maximum absolute atomic E-state index is 4.73. The van der Waals surface area contributed by atoms with Gasteiger partial charge in [-0.05, 0) is 150 Å². The highest BCUT2D eigenvalue weighted by Gasteiger charge is 2.61. The van der Waals surface area contributed by atoms with Gasteiger partial charge in [0, 0.05) is 38.8 Å². The summed E-state index contributed by atoms with van der Waals surface area (Å²) >= 11 is 0. The van der Waals surface area contributed by atoms with Gasteiger partial charge in [0.15, 0.2) is 0 Å². The third-order valence-electron chi connectivity index (χ3n) is 14.4. The molecule has 3 heteroatoms. The van der Waals surface area contributed by atoms with Gasteiger partial charge in [-0.25, -0.2) is 4.98 Å². The van der Waals surface area contributed by atoms with Crippen molar-refractivity contribution in [3.05, 3.63) is 163 Å². The first-order valence-electron chi connectivity index (χ1n) is 20.0. The summed E-state index contributed by atoms with van der Waals surface area (Å²) in [6, 6.07) is 54.9. The largest absolute Gasteiger partial charge is 0.309 e. The van der Waals surface area contributed by atoms with Crippen molar-refractivity contribution in [3.63, 3.8) is 0 Å². The average molecular weight is 694 g/mol. The van der Waals surface area contributed by atoms with Crippen LogP contribution < -0.4 is 0 Å². The number of hydrogen-bond donors (Lipinski definition) is 0. The SMILES string of the molecule is c1ccc(-n2c3ccccc3c3cc(-c4ccc5c(c4)c4ccccc4n5-c4ccc5c(c4)C4(c6ccccc6-5)C5CC6CC(C5)CC4C6)ccc32)nc1. The summed E-state index contributed by atoms with van der Waals surface area (Å²) in [7, 11) is 0. The third-order valence-corrected chi connectivity index (χ3v) is 14.4. The number of benzene rings is 6. The Labute approximate surface area is 314 Å². The number of aromatic nitrogens is 3. The van der Waals surface area contributed by atoms with Gasteiger partial charge in [0.1, 0.15) is 5.82 Å². The predicted octanol–water partition coefficient (Wildman–Crippen LogP) is 12.7. The van der Waals surface area contributed by atoms with Gasteiger partial charge in [-0.3, -0.25) is 4.57 Å². The van der Waals surface area contributed by atoms with Gasteiger partial charge in [0.05, 0.1) is 22.1 Å². The summed E-state index contributed by atoms with van der Waals surface area (Å²) in [4.78, 5) is 4.73. The van der Waals surface area contributed by atoms with E-state index in [0.29, 0.717) is 0 Å². The van der Waals surface area contributed by atoms with Crippen molar-refractivity contribution in [2.24, 2.45) is 23.7 Å². The predicted molar refractivity (Wildman–Crippen MR) is 222 cm³/mol. The van der Waals surface area contributed by atoms with Crippen molar-refractivity contribution in [3.8, 4) is 33.8 Å². The molecule has 6 aromatic carbocycles. The van der Waals surface area contributed by atoms with Gasteiger partial charge in [0.25, 0.3) is 0 Å². The molecule has 4 saturated carbocycles. The van der Waals surface area contributed by atoms with Crippen LogP contribution in [0.2, 0.25) is 0 Å². The highest BCUT2D eigenvalue weighted by molar-refractivity contribution is 6.12. The standard InChI is InChI=1S/C51H39N3/c1-4-12-44-38(9-1)39-19-18-37(30-45(39)51(44)35-24-31-23-32(26-35)27-36(51)25-31)53-46-13-5-2-10-40(46)42-28-33(16-20-48(42)53)34-17-21-49-43(29-34)41-11-3-6-14-47(41)54(49)50-15-7-8-22-52-50/h1-22,28-32,35-36H,23-27H2. The Hall–Kier alpha value is -5.93. The lowest BCUT2D eigenvalue weighted by Crippen LogP contribution is -2.55. The number of nitrogens with zero attached hydrogens (tertiary/aromatic N) is 3. The molecule has 9 aromatic rings. The van der Waals surface area contributed by atoms with E-state index >= 15 is 0 Å². The topological polar surface area (TPSA) is 22.8 Å². The van der Waals surface area contributed by atoms with Crippen molar-refractivity contribution in [1.82, 2.24) is 14.1 Å². The van der Waals surface area contributed by atoms with Gasteiger partial charge >= 0.3 is 0 Å². The van der Waals surface area contributed by atoms with E-state index in [1.165, 1.54) is 104 Å². The number of rotatable bonds is 3. The van der Waals surface area contributed by atoms with Crippen LogP contribution >= 0.6 is 0 Å². The minimum Gasteiger partial charge on any atom is -0.309 e.